The highest BCUT2D eigenvalue weighted by atomic mass is 16.4. The van der Waals surface area contributed by atoms with Gasteiger partial charge >= 0.3 is 5.97 Å². The molecule has 2 rings (SSSR count). The van der Waals surface area contributed by atoms with E-state index < -0.39 is 5.97 Å². The van der Waals surface area contributed by atoms with E-state index in [0.29, 0.717) is 17.4 Å². The van der Waals surface area contributed by atoms with Crippen molar-refractivity contribution in [3.63, 3.8) is 0 Å². The zero-order chi connectivity index (χ0) is 13.3. The first-order valence-corrected chi connectivity index (χ1v) is 6.78. The smallest absolute Gasteiger partial charge is 0.337 e. The van der Waals surface area contributed by atoms with Crippen LogP contribution in [-0.4, -0.2) is 16.1 Å². The minimum Gasteiger partial charge on any atom is -0.478 e. The van der Waals surface area contributed by atoms with Crippen LogP contribution in [0.5, 0.6) is 0 Å². The first kappa shape index (κ1) is 13.1. The quantitative estimate of drug-likeness (QED) is 0.890. The molecule has 2 unspecified atom stereocenters. The molecule has 1 aliphatic rings. The van der Waals surface area contributed by atoms with Crippen molar-refractivity contribution in [2.24, 2.45) is 5.92 Å². The maximum Gasteiger partial charge on any atom is 0.337 e. The summed E-state index contributed by atoms with van der Waals surface area (Å²) < 4.78 is 0. The zero-order valence-electron chi connectivity index (χ0n) is 11.4. The largest absolute Gasteiger partial charge is 0.478 e. The highest BCUT2D eigenvalue weighted by molar-refractivity contribution is 5.89. The van der Waals surface area contributed by atoms with Gasteiger partial charge in [0.25, 0.3) is 0 Å². The van der Waals surface area contributed by atoms with E-state index in [1.807, 2.05) is 6.07 Å². The second kappa shape index (κ2) is 5.09. The molecule has 0 radical (unpaired) electrons. The van der Waals surface area contributed by atoms with Gasteiger partial charge in [-0.1, -0.05) is 27.2 Å². The molecule has 1 heterocycles. The highest BCUT2D eigenvalue weighted by Crippen LogP contribution is 2.34. The summed E-state index contributed by atoms with van der Waals surface area (Å²) in [6.07, 6.45) is 3.78. The molecule has 0 aromatic carbocycles. The van der Waals surface area contributed by atoms with Gasteiger partial charge in [-0.15, -0.1) is 0 Å². The topological polar surface area (TPSA) is 50.2 Å². The highest BCUT2D eigenvalue weighted by Gasteiger charge is 2.25. The third-order valence-electron chi connectivity index (χ3n) is 3.76. The van der Waals surface area contributed by atoms with E-state index in [-0.39, 0.29) is 0 Å². The Morgan fingerprint density at radius 2 is 2.22 bits per heavy atom. The average molecular weight is 247 g/mol. The zero-order valence-corrected chi connectivity index (χ0v) is 11.4. The molecule has 3 nitrogen and oxygen atoms in total. The van der Waals surface area contributed by atoms with Crippen molar-refractivity contribution < 1.29 is 9.90 Å². The van der Waals surface area contributed by atoms with Gasteiger partial charge in [0, 0.05) is 5.69 Å². The predicted molar refractivity (Wildman–Crippen MR) is 71.1 cm³/mol. The summed E-state index contributed by atoms with van der Waals surface area (Å²) in [7, 11) is 0. The number of aryl methyl sites for hydroxylation is 1. The summed E-state index contributed by atoms with van der Waals surface area (Å²) in [5.74, 6) is 0.217. The van der Waals surface area contributed by atoms with E-state index in [1.165, 1.54) is 0 Å². The minimum absolute atomic E-state index is 0.400. The maximum atomic E-state index is 11.3. The van der Waals surface area contributed by atoms with Gasteiger partial charge in [0.1, 0.15) is 0 Å². The van der Waals surface area contributed by atoms with Crippen LogP contribution >= 0.6 is 0 Å². The van der Waals surface area contributed by atoms with Crippen molar-refractivity contribution in [2.45, 2.75) is 52.4 Å². The molecule has 0 fully saturated rings. The number of aromatic carboxylic acids is 1. The Balaban J connectivity index is 2.50. The van der Waals surface area contributed by atoms with Crippen molar-refractivity contribution in [1.29, 1.82) is 0 Å². The van der Waals surface area contributed by atoms with Crippen LogP contribution in [0.2, 0.25) is 0 Å². The molecule has 0 spiro atoms. The molecule has 0 saturated heterocycles. The number of carboxylic acid groups (broad SMARTS) is 1. The second-order valence-corrected chi connectivity index (χ2v) is 5.52. The maximum absolute atomic E-state index is 11.3. The minimum atomic E-state index is -0.848. The van der Waals surface area contributed by atoms with E-state index in [0.717, 1.165) is 42.6 Å². The lowest BCUT2D eigenvalue weighted by Gasteiger charge is -2.27. The fraction of sp³-hybridized carbons (Fsp3) is 0.600. The summed E-state index contributed by atoms with van der Waals surface area (Å²) in [5, 5.41) is 9.29. The van der Waals surface area contributed by atoms with Crippen molar-refractivity contribution in [1.82, 2.24) is 4.98 Å². The number of pyridine rings is 1. The molecule has 3 heteroatoms. The van der Waals surface area contributed by atoms with Crippen molar-refractivity contribution in [3.8, 4) is 0 Å². The molecule has 1 aromatic rings. The van der Waals surface area contributed by atoms with Gasteiger partial charge < -0.3 is 5.11 Å². The molecular weight excluding hydrogens is 226 g/mol. The first-order chi connectivity index (χ1) is 8.52. The van der Waals surface area contributed by atoms with Gasteiger partial charge in [-0.25, -0.2) is 4.79 Å². The first-order valence-electron chi connectivity index (χ1n) is 6.78. The van der Waals surface area contributed by atoms with E-state index in [2.05, 4.69) is 25.8 Å². The number of aromatic nitrogens is 1. The van der Waals surface area contributed by atoms with E-state index in [4.69, 9.17) is 0 Å². The second-order valence-electron chi connectivity index (χ2n) is 5.52. The molecule has 0 saturated carbocycles. The number of carboxylic acids is 1. The van der Waals surface area contributed by atoms with Gasteiger partial charge in [0.15, 0.2) is 0 Å². The predicted octanol–water partition coefficient (Wildman–Crippen LogP) is 3.42. The average Bonchev–Trinajstić information content (AvgIpc) is 2.27. The van der Waals surface area contributed by atoms with Gasteiger partial charge in [-0.3, -0.25) is 4.98 Å². The Labute approximate surface area is 108 Å². The Morgan fingerprint density at radius 3 is 2.83 bits per heavy atom. The fourth-order valence-electron chi connectivity index (χ4n) is 2.96. The van der Waals surface area contributed by atoms with E-state index in [9.17, 15) is 9.90 Å². The summed E-state index contributed by atoms with van der Waals surface area (Å²) in [4.78, 5) is 16.0. The van der Waals surface area contributed by atoms with Crippen LogP contribution in [0.4, 0.5) is 0 Å². The molecule has 1 aliphatic carbocycles. The van der Waals surface area contributed by atoms with Crippen LogP contribution < -0.4 is 0 Å². The summed E-state index contributed by atoms with van der Waals surface area (Å²) in [6.45, 7) is 6.46. The fourth-order valence-corrected chi connectivity index (χ4v) is 2.96. The van der Waals surface area contributed by atoms with Crippen molar-refractivity contribution >= 4 is 5.97 Å². The molecule has 0 amide bonds. The molecule has 1 aromatic heterocycles. The van der Waals surface area contributed by atoms with Gasteiger partial charge in [-0.2, -0.15) is 0 Å². The number of rotatable bonds is 3. The Morgan fingerprint density at radius 1 is 1.50 bits per heavy atom. The summed E-state index contributed by atoms with van der Waals surface area (Å²) >= 11 is 0. The molecule has 1 N–H and O–H groups in total. The molecular formula is C15H21NO2. The van der Waals surface area contributed by atoms with Crippen LogP contribution in [-0.2, 0) is 12.8 Å². The van der Waals surface area contributed by atoms with E-state index >= 15 is 0 Å². The summed E-state index contributed by atoms with van der Waals surface area (Å²) in [6, 6.07) is 1.87. The van der Waals surface area contributed by atoms with E-state index in [1.54, 1.807) is 0 Å². The lowest BCUT2D eigenvalue weighted by atomic mass is 9.80. The van der Waals surface area contributed by atoms with Crippen LogP contribution in [0, 0.1) is 5.92 Å². The van der Waals surface area contributed by atoms with Gasteiger partial charge in [-0.05, 0) is 42.7 Å². The molecule has 0 aliphatic heterocycles. The molecule has 2 atom stereocenters. The number of fused-ring (bicyclic) bond motifs is 1. The Bertz CT molecular complexity index is 468. The van der Waals surface area contributed by atoms with Crippen LogP contribution in [0.3, 0.4) is 0 Å². The number of hydrogen-bond donors (Lipinski definition) is 1. The number of nitrogens with zero attached hydrogens (tertiary/aromatic N) is 1. The van der Waals surface area contributed by atoms with Crippen LogP contribution in [0.1, 0.15) is 66.8 Å². The molecule has 18 heavy (non-hydrogen) atoms. The van der Waals surface area contributed by atoms with Crippen LogP contribution in [0.15, 0.2) is 6.07 Å². The summed E-state index contributed by atoms with van der Waals surface area (Å²) in [5.41, 5.74) is 3.42. The molecule has 0 bridgehead atoms. The monoisotopic (exact) mass is 247 g/mol. The lowest BCUT2D eigenvalue weighted by molar-refractivity contribution is 0.0695. The SMILES string of the molecule is CCCc1nc2c(cc1C(=O)O)C(C)CC(C)C2. The van der Waals surface area contributed by atoms with Crippen LogP contribution in [0.25, 0.3) is 0 Å². The van der Waals surface area contributed by atoms with Gasteiger partial charge in [0.05, 0.1) is 11.3 Å². The third-order valence-corrected chi connectivity index (χ3v) is 3.76. The number of carbonyl (C=O) groups is 1. The van der Waals surface area contributed by atoms with Gasteiger partial charge in [0.2, 0.25) is 0 Å². The van der Waals surface area contributed by atoms with Crippen molar-refractivity contribution in [2.75, 3.05) is 0 Å². The Hall–Kier alpha value is -1.38. The molecule has 98 valence electrons. The van der Waals surface area contributed by atoms with Crippen molar-refractivity contribution in [3.05, 3.63) is 28.6 Å². The lowest BCUT2D eigenvalue weighted by Crippen LogP contribution is -2.19. The number of hydrogen-bond acceptors (Lipinski definition) is 2. The Kier molecular flexibility index (Phi) is 3.69. The third kappa shape index (κ3) is 2.40. The normalized spacial score (nSPS) is 22.6. The standard InChI is InChI=1S/C15H21NO2/c1-4-5-13-12(15(17)18)8-11-10(3)6-9(2)7-14(11)16-13/h8-10H,4-7H2,1-3H3,(H,17,18).